The van der Waals surface area contributed by atoms with E-state index in [9.17, 15) is 25.0 Å². The number of rotatable bonds is 8. The highest BCUT2D eigenvalue weighted by atomic mass is 16.6. The topological polar surface area (TPSA) is 156 Å². The number of hydrazine groups is 1. The third-order valence-corrected chi connectivity index (χ3v) is 5.23. The van der Waals surface area contributed by atoms with Crippen molar-refractivity contribution in [2.75, 3.05) is 16.9 Å². The Morgan fingerprint density at radius 3 is 2.46 bits per heavy atom. The largest absolute Gasteiger partial charge is 0.355 e. The van der Waals surface area contributed by atoms with Crippen molar-refractivity contribution in [3.8, 4) is 0 Å². The van der Waals surface area contributed by atoms with Crippen molar-refractivity contribution in [2.45, 2.75) is 6.92 Å². The molecule has 1 aromatic heterocycles. The molecule has 0 saturated carbocycles. The van der Waals surface area contributed by atoms with Crippen molar-refractivity contribution >= 4 is 45.4 Å². The molecule has 0 spiro atoms. The second-order valence-corrected chi connectivity index (χ2v) is 7.28. The summed E-state index contributed by atoms with van der Waals surface area (Å²) in [6, 6.07) is 18.4. The van der Waals surface area contributed by atoms with Crippen LogP contribution in [-0.2, 0) is 0 Å². The second-order valence-electron chi connectivity index (χ2n) is 7.28. The highest BCUT2D eigenvalue weighted by Gasteiger charge is 2.28. The van der Waals surface area contributed by atoms with E-state index in [1.54, 1.807) is 4.90 Å². The first-order valence-corrected chi connectivity index (χ1v) is 10.5. The van der Waals surface area contributed by atoms with E-state index < -0.39 is 21.4 Å². The first-order valence-electron chi connectivity index (χ1n) is 10.5. The zero-order valence-corrected chi connectivity index (χ0v) is 18.4. The van der Waals surface area contributed by atoms with Crippen molar-refractivity contribution in [2.24, 2.45) is 0 Å². The molecule has 12 heteroatoms. The van der Waals surface area contributed by atoms with E-state index in [2.05, 4.69) is 20.8 Å². The Morgan fingerprint density at radius 1 is 0.971 bits per heavy atom. The van der Waals surface area contributed by atoms with Gasteiger partial charge in [0, 0.05) is 29.6 Å². The Balaban J connectivity index is 1.68. The molecule has 12 nitrogen and oxygen atoms in total. The number of benzene rings is 3. The second kappa shape index (κ2) is 9.79. The molecule has 3 aromatic carbocycles. The number of aromatic nitrogens is 2. The lowest BCUT2D eigenvalue weighted by Gasteiger charge is -2.24. The zero-order valence-electron chi connectivity index (χ0n) is 18.4. The van der Waals surface area contributed by atoms with Gasteiger partial charge in [0.1, 0.15) is 6.33 Å². The van der Waals surface area contributed by atoms with Crippen LogP contribution in [0.5, 0.6) is 0 Å². The normalized spacial score (nSPS) is 10.5. The molecule has 0 radical (unpaired) electrons. The minimum atomic E-state index is -0.732. The molecule has 0 aliphatic carbocycles. The highest BCUT2D eigenvalue weighted by molar-refractivity contribution is 5.97. The Kier molecular flexibility index (Phi) is 6.44. The molecule has 0 fully saturated rings. The Bertz CT molecular complexity index is 1440. The lowest BCUT2D eigenvalue weighted by Crippen LogP contribution is -2.30. The summed E-state index contributed by atoms with van der Waals surface area (Å²) in [5, 5.41) is 24.9. The van der Waals surface area contributed by atoms with Crippen LogP contribution in [0.2, 0.25) is 0 Å². The summed E-state index contributed by atoms with van der Waals surface area (Å²) in [5.74, 6) is -0.932. The molecule has 1 amide bonds. The van der Waals surface area contributed by atoms with Gasteiger partial charge in [0.15, 0.2) is 0 Å². The van der Waals surface area contributed by atoms with Crippen molar-refractivity contribution in [1.29, 1.82) is 0 Å². The van der Waals surface area contributed by atoms with Crippen molar-refractivity contribution in [3.05, 3.63) is 98.8 Å². The molecule has 0 aliphatic rings. The van der Waals surface area contributed by atoms with Gasteiger partial charge in [-0.2, -0.15) is 0 Å². The van der Waals surface area contributed by atoms with Gasteiger partial charge in [0.2, 0.25) is 11.6 Å². The third kappa shape index (κ3) is 4.66. The first kappa shape index (κ1) is 23.0. The number of nitro groups is 2. The van der Waals surface area contributed by atoms with Crippen LogP contribution in [0.15, 0.2) is 73.1 Å². The lowest BCUT2D eigenvalue weighted by atomic mass is 10.1. The maximum Gasteiger partial charge on any atom is 0.355 e. The molecule has 0 unspecified atom stereocenters. The van der Waals surface area contributed by atoms with Gasteiger partial charge < -0.3 is 4.90 Å². The number of nitrogens with one attached hydrogen (secondary N) is 2. The van der Waals surface area contributed by atoms with E-state index >= 15 is 0 Å². The number of fused-ring (bicyclic) bond motifs is 1. The van der Waals surface area contributed by atoms with Gasteiger partial charge in [-0.15, -0.1) is 0 Å². The van der Waals surface area contributed by atoms with Gasteiger partial charge >= 0.3 is 5.69 Å². The maximum absolute atomic E-state index is 12.5. The monoisotopic (exact) mass is 473 g/mol. The summed E-state index contributed by atoms with van der Waals surface area (Å²) >= 11 is 0. The number of carbonyl (C=O) groups excluding carboxylic acids is 1. The van der Waals surface area contributed by atoms with Crippen LogP contribution in [0.3, 0.4) is 0 Å². The Morgan fingerprint density at radius 2 is 1.71 bits per heavy atom. The van der Waals surface area contributed by atoms with Gasteiger partial charge in [-0.05, 0) is 24.4 Å². The highest BCUT2D eigenvalue weighted by Crippen LogP contribution is 2.38. The van der Waals surface area contributed by atoms with Crippen molar-refractivity contribution < 1.29 is 14.6 Å². The van der Waals surface area contributed by atoms with Gasteiger partial charge in [-0.1, -0.05) is 42.5 Å². The number of amides is 1. The quantitative estimate of drug-likeness (QED) is 0.280. The summed E-state index contributed by atoms with van der Waals surface area (Å²) in [5.41, 5.74) is 4.78. The van der Waals surface area contributed by atoms with Crippen molar-refractivity contribution in [1.82, 2.24) is 15.4 Å². The fourth-order valence-corrected chi connectivity index (χ4v) is 3.65. The van der Waals surface area contributed by atoms with Gasteiger partial charge in [-0.3, -0.25) is 35.9 Å². The van der Waals surface area contributed by atoms with Crippen LogP contribution in [0, 0.1) is 20.2 Å². The fraction of sp³-hybridized carbons (Fsp3) is 0.0870. The smallest absolute Gasteiger partial charge is 0.320 e. The zero-order chi connectivity index (χ0) is 24.9. The van der Waals surface area contributed by atoms with E-state index in [0.717, 1.165) is 28.9 Å². The summed E-state index contributed by atoms with van der Waals surface area (Å²) in [6.45, 7) is 2.20. The molecule has 0 aliphatic heterocycles. The summed E-state index contributed by atoms with van der Waals surface area (Å²) in [4.78, 5) is 44.1. The number of hydrogen-bond acceptors (Lipinski definition) is 9. The molecule has 2 N–H and O–H groups in total. The summed E-state index contributed by atoms with van der Waals surface area (Å²) in [6.07, 6.45) is 1.15. The molecule has 0 saturated heterocycles. The molecule has 4 rings (SSSR count). The lowest BCUT2D eigenvalue weighted by molar-refractivity contribution is -0.384. The minimum absolute atomic E-state index is 0.00503. The standard InChI is InChI=1S/C23H19N7O5/c1-2-28(19-12-6-8-15-7-3-4-11-18(15)19)22-20(30(34)35)21(24-14-25-22)26-27-23(31)16-9-5-10-17(13-16)29(32)33/h3-14H,2H2,1H3,(H,27,31)(H,24,25,26). The number of carbonyl (C=O) groups is 1. The summed E-state index contributed by atoms with van der Waals surface area (Å²) < 4.78 is 0. The number of hydrogen-bond donors (Lipinski definition) is 2. The average Bonchev–Trinajstić information content (AvgIpc) is 2.87. The molecule has 0 atom stereocenters. The van der Waals surface area contributed by atoms with Gasteiger partial charge in [-0.25, -0.2) is 9.97 Å². The van der Waals surface area contributed by atoms with E-state index in [4.69, 9.17) is 0 Å². The van der Waals surface area contributed by atoms with Crippen LogP contribution < -0.4 is 15.8 Å². The molecular weight excluding hydrogens is 454 g/mol. The van der Waals surface area contributed by atoms with Crippen LogP contribution in [0.25, 0.3) is 10.8 Å². The number of nitro benzene ring substituents is 1. The van der Waals surface area contributed by atoms with Gasteiger partial charge in [0.05, 0.1) is 15.5 Å². The van der Waals surface area contributed by atoms with Gasteiger partial charge in [0.25, 0.3) is 11.6 Å². The summed E-state index contributed by atoms with van der Waals surface area (Å²) in [7, 11) is 0. The minimum Gasteiger partial charge on any atom is -0.320 e. The van der Waals surface area contributed by atoms with Crippen LogP contribution in [0.4, 0.5) is 28.7 Å². The third-order valence-electron chi connectivity index (χ3n) is 5.23. The number of nitrogens with zero attached hydrogens (tertiary/aromatic N) is 5. The Labute approximate surface area is 198 Å². The predicted molar refractivity (Wildman–Crippen MR) is 129 cm³/mol. The molecule has 176 valence electrons. The van der Waals surface area contributed by atoms with Crippen molar-refractivity contribution in [3.63, 3.8) is 0 Å². The molecular formula is C23H19N7O5. The predicted octanol–water partition coefficient (Wildman–Crippen LogP) is 4.36. The van der Waals surface area contributed by atoms with Crippen LogP contribution in [0.1, 0.15) is 17.3 Å². The fourth-order valence-electron chi connectivity index (χ4n) is 3.65. The molecule has 1 heterocycles. The molecule has 35 heavy (non-hydrogen) atoms. The van der Waals surface area contributed by atoms with Crippen LogP contribution in [-0.4, -0.2) is 32.3 Å². The number of non-ortho nitro benzene ring substituents is 1. The molecule has 4 aromatic rings. The SMILES string of the molecule is CCN(c1ncnc(NNC(=O)c2cccc([N+](=O)[O-])c2)c1[N+](=O)[O-])c1cccc2ccccc12. The van der Waals surface area contributed by atoms with E-state index in [1.165, 1.54) is 18.2 Å². The first-order chi connectivity index (χ1) is 16.9. The van der Waals surface area contributed by atoms with Crippen LogP contribution >= 0.6 is 0 Å². The van der Waals surface area contributed by atoms with E-state index in [0.29, 0.717) is 6.54 Å². The van der Waals surface area contributed by atoms with E-state index in [-0.39, 0.29) is 22.9 Å². The number of anilines is 3. The molecule has 0 bridgehead atoms. The Hall–Kier alpha value is -5.13. The maximum atomic E-state index is 12.5. The average molecular weight is 473 g/mol. The van der Waals surface area contributed by atoms with E-state index in [1.807, 2.05) is 49.4 Å².